The zero-order valence-corrected chi connectivity index (χ0v) is 12.3. The molecule has 2 aromatic rings. The van der Waals surface area contributed by atoms with Gasteiger partial charge in [-0.15, -0.1) is 0 Å². The van der Waals surface area contributed by atoms with E-state index in [2.05, 4.69) is 4.98 Å². The predicted octanol–water partition coefficient (Wildman–Crippen LogP) is 1.58. The SMILES string of the molecule is C[C@@H](OC(=O)c1ccc[nH]c1=O)C(=O)N(C)c1ccccc1. The summed E-state index contributed by atoms with van der Waals surface area (Å²) in [4.78, 5) is 39.5. The second-order valence-electron chi connectivity index (χ2n) is 4.69. The van der Waals surface area contributed by atoms with Gasteiger partial charge in [0.05, 0.1) is 0 Å². The number of ether oxygens (including phenoxy) is 1. The fraction of sp³-hybridized carbons (Fsp3) is 0.188. The van der Waals surface area contributed by atoms with Crippen molar-refractivity contribution >= 4 is 17.6 Å². The van der Waals surface area contributed by atoms with Crippen LogP contribution < -0.4 is 10.5 Å². The van der Waals surface area contributed by atoms with Crippen LogP contribution in [0.25, 0.3) is 0 Å². The van der Waals surface area contributed by atoms with E-state index < -0.39 is 17.6 Å². The molecule has 0 unspecified atom stereocenters. The van der Waals surface area contributed by atoms with E-state index in [9.17, 15) is 14.4 Å². The summed E-state index contributed by atoms with van der Waals surface area (Å²) in [6.45, 7) is 1.47. The molecule has 2 rings (SSSR count). The number of rotatable bonds is 4. The minimum absolute atomic E-state index is 0.135. The third-order valence-corrected chi connectivity index (χ3v) is 3.14. The van der Waals surface area contributed by atoms with E-state index >= 15 is 0 Å². The van der Waals surface area contributed by atoms with Crippen LogP contribution in [0.3, 0.4) is 0 Å². The van der Waals surface area contributed by atoms with Gasteiger partial charge in [0.1, 0.15) is 5.56 Å². The van der Waals surface area contributed by atoms with Crippen LogP contribution in [0, 0.1) is 0 Å². The molecule has 0 saturated heterocycles. The number of benzene rings is 1. The van der Waals surface area contributed by atoms with Gasteiger partial charge in [-0.05, 0) is 31.2 Å². The van der Waals surface area contributed by atoms with E-state index in [-0.39, 0.29) is 11.5 Å². The van der Waals surface area contributed by atoms with E-state index in [0.717, 1.165) is 0 Å². The number of hydrogen-bond donors (Lipinski definition) is 1. The number of aromatic amines is 1. The quantitative estimate of drug-likeness (QED) is 0.869. The summed E-state index contributed by atoms with van der Waals surface area (Å²) >= 11 is 0. The standard InChI is InChI=1S/C16H16N2O4/c1-11(15(20)18(2)12-7-4-3-5-8-12)22-16(21)13-9-6-10-17-14(13)19/h3-11H,1-2H3,(H,17,19)/t11-/m1/s1. The summed E-state index contributed by atoms with van der Waals surface area (Å²) in [7, 11) is 1.59. The molecule has 1 heterocycles. The number of esters is 1. The number of hydrogen-bond acceptors (Lipinski definition) is 4. The van der Waals surface area contributed by atoms with Crippen molar-refractivity contribution < 1.29 is 14.3 Å². The average molecular weight is 300 g/mol. The molecular weight excluding hydrogens is 284 g/mol. The third-order valence-electron chi connectivity index (χ3n) is 3.14. The van der Waals surface area contributed by atoms with Crippen LogP contribution in [0.5, 0.6) is 0 Å². The molecule has 114 valence electrons. The molecule has 0 bridgehead atoms. The molecule has 22 heavy (non-hydrogen) atoms. The molecule has 0 saturated carbocycles. The number of aromatic nitrogens is 1. The van der Waals surface area contributed by atoms with Crippen molar-refractivity contribution in [3.05, 3.63) is 64.6 Å². The first-order valence-corrected chi connectivity index (χ1v) is 6.72. The summed E-state index contributed by atoms with van der Waals surface area (Å²) in [5, 5.41) is 0. The number of carbonyl (C=O) groups is 2. The second-order valence-corrected chi connectivity index (χ2v) is 4.69. The maximum absolute atomic E-state index is 12.3. The molecule has 1 atom stereocenters. The van der Waals surface area contributed by atoms with Crippen molar-refractivity contribution in [2.24, 2.45) is 0 Å². The molecule has 1 aromatic carbocycles. The van der Waals surface area contributed by atoms with Gasteiger partial charge in [-0.3, -0.25) is 9.59 Å². The Labute approximate surface area is 127 Å². The molecule has 6 heteroatoms. The highest BCUT2D eigenvalue weighted by molar-refractivity contribution is 5.98. The van der Waals surface area contributed by atoms with Crippen molar-refractivity contribution in [2.45, 2.75) is 13.0 Å². The number of amides is 1. The van der Waals surface area contributed by atoms with E-state index in [1.54, 1.807) is 31.3 Å². The summed E-state index contributed by atoms with van der Waals surface area (Å²) < 4.78 is 5.07. The Balaban J connectivity index is 2.07. The van der Waals surface area contributed by atoms with Gasteiger partial charge in [0, 0.05) is 18.9 Å². The smallest absolute Gasteiger partial charge is 0.344 e. The number of para-hydroxylation sites is 1. The number of anilines is 1. The third kappa shape index (κ3) is 3.41. The largest absolute Gasteiger partial charge is 0.449 e. The van der Waals surface area contributed by atoms with E-state index in [4.69, 9.17) is 4.74 Å². The predicted molar refractivity (Wildman–Crippen MR) is 81.8 cm³/mol. The molecule has 0 aliphatic heterocycles. The minimum Gasteiger partial charge on any atom is -0.449 e. The average Bonchev–Trinajstić information content (AvgIpc) is 2.54. The molecule has 1 N–H and O–H groups in total. The van der Waals surface area contributed by atoms with Crippen molar-refractivity contribution in [1.82, 2.24) is 4.98 Å². The lowest BCUT2D eigenvalue weighted by atomic mass is 10.2. The topological polar surface area (TPSA) is 79.5 Å². The fourth-order valence-electron chi connectivity index (χ4n) is 1.91. The molecule has 0 aliphatic carbocycles. The van der Waals surface area contributed by atoms with Gasteiger partial charge in [0.25, 0.3) is 11.5 Å². The van der Waals surface area contributed by atoms with Crippen LogP contribution in [0.15, 0.2) is 53.5 Å². The normalized spacial score (nSPS) is 11.5. The van der Waals surface area contributed by atoms with Crippen LogP contribution in [0.1, 0.15) is 17.3 Å². The van der Waals surface area contributed by atoms with Crippen molar-refractivity contribution in [2.75, 3.05) is 11.9 Å². The summed E-state index contributed by atoms with van der Waals surface area (Å²) in [6, 6.07) is 11.9. The molecule has 1 aromatic heterocycles. The lowest BCUT2D eigenvalue weighted by molar-refractivity contribution is -0.126. The second kappa shape index (κ2) is 6.71. The molecule has 1 amide bonds. The lowest BCUT2D eigenvalue weighted by Crippen LogP contribution is -2.38. The fourth-order valence-corrected chi connectivity index (χ4v) is 1.91. The van der Waals surface area contributed by atoms with Crippen LogP contribution in [-0.4, -0.2) is 30.0 Å². The number of carbonyl (C=O) groups excluding carboxylic acids is 2. The van der Waals surface area contributed by atoms with Gasteiger partial charge in [-0.25, -0.2) is 4.79 Å². The first-order valence-electron chi connectivity index (χ1n) is 6.72. The van der Waals surface area contributed by atoms with Gasteiger partial charge in [-0.1, -0.05) is 18.2 Å². The molecule has 0 radical (unpaired) electrons. The summed E-state index contributed by atoms with van der Waals surface area (Å²) in [5.41, 5.74) is 0.000958. The minimum atomic E-state index is -1.00. The maximum atomic E-state index is 12.3. The van der Waals surface area contributed by atoms with Crippen molar-refractivity contribution in [3.8, 4) is 0 Å². The Morgan fingerprint density at radius 1 is 1.14 bits per heavy atom. The summed E-state index contributed by atoms with van der Waals surface area (Å²) in [6.07, 6.45) is 0.411. The number of nitrogens with zero attached hydrogens (tertiary/aromatic N) is 1. The number of likely N-dealkylation sites (N-methyl/N-ethyl adjacent to an activating group) is 1. The Morgan fingerprint density at radius 3 is 2.45 bits per heavy atom. The molecular formula is C16H16N2O4. The van der Waals surface area contributed by atoms with Gasteiger partial charge in [0.15, 0.2) is 6.10 Å². The van der Waals surface area contributed by atoms with Crippen LogP contribution >= 0.6 is 0 Å². The Kier molecular flexibility index (Phi) is 4.73. The first-order chi connectivity index (χ1) is 10.5. The van der Waals surface area contributed by atoms with E-state index in [1.807, 2.05) is 6.07 Å². The number of H-pyrrole nitrogens is 1. The Hall–Kier alpha value is -2.89. The highest BCUT2D eigenvalue weighted by Crippen LogP contribution is 2.13. The van der Waals surface area contributed by atoms with E-state index in [1.165, 1.54) is 30.2 Å². The first kappa shape index (κ1) is 15.5. The van der Waals surface area contributed by atoms with Gasteiger partial charge in [0.2, 0.25) is 0 Å². The van der Waals surface area contributed by atoms with Crippen LogP contribution in [-0.2, 0) is 9.53 Å². The molecule has 0 fully saturated rings. The zero-order chi connectivity index (χ0) is 16.1. The molecule has 0 aliphatic rings. The van der Waals surface area contributed by atoms with Gasteiger partial charge in [-0.2, -0.15) is 0 Å². The zero-order valence-electron chi connectivity index (χ0n) is 12.3. The Morgan fingerprint density at radius 2 is 1.82 bits per heavy atom. The van der Waals surface area contributed by atoms with Gasteiger partial charge < -0.3 is 14.6 Å². The highest BCUT2D eigenvalue weighted by atomic mass is 16.5. The van der Waals surface area contributed by atoms with Crippen molar-refractivity contribution in [3.63, 3.8) is 0 Å². The van der Waals surface area contributed by atoms with Crippen LogP contribution in [0.2, 0.25) is 0 Å². The molecule has 0 spiro atoms. The number of pyridine rings is 1. The Bertz CT molecular complexity index is 724. The van der Waals surface area contributed by atoms with Crippen molar-refractivity contribution in [1.29, 1.82) is 0 Å². The highest BCUT2D eigenvalue weighted by Gasteiger charge is 2.24. The monoisotopic (exact) mass is 300 g/mol. The molecule has 6 nitrogen and oxygen atoms in total. The number of nitrogens with one attached hydrogen (secondary N) is 1. The lowest BCUT2D eigenvalue weighted by Gasteiger charge is -2.21. The van der Waals surface area contributed by atoms with Crippen LogP contribution in [0.4, 0.5) is 5.69 Å². The maximum Gasteiger partial charge on any atom is 0.344 e. The van der Waals surface area contributed by atoms with Gasteiger partial charge >= 0.3 is 5.97 Å². The summed E-state index contributed by atoms with van der Waals surface area (Å²) in [5.74, 6) is -1.21. The van der Waals surface area contributed by atoms with E-state index in [0.29, 0.717) is 5.69 Å².